The summed E-state index contributed by atoms with van der Waals surface area (Å²) < 4.78 is 0. The predicted octanol–water partition coefficient (Wildman–Crippen LogP) is 3.57. The number of para-hydroxylation sites is 2. The lowest BCUT2D eigenvalue weighted by atomic mass is 10.3. The predicted molar refractivity (Wildman–Crippen MR) is 107 cm³/mol. The Labute approximate surface area is 158 Å². The van der Waals surface area contributed by atoms with Crippen molar-refractivity contribution in [3.05, 3.63) is 60.7 Å². The van der Waals surface area contributed by atoms with Crippen LogP contribution in [0.1, 0.15) is 6.42 Å². The third kappa shape index (κ3) is 5.87. The quantitative estimate of drug-likeness (QED) is 0.449. The number of hydrogen-bond donors (Lipinski definition) is 4. The van der Waals surface area contributed by atoms with Gasteiger partial charge in [-0.15, -0.1) is 12.4 Å². The maximum atomic E-state index is 8.93. The second-order valence-electron chi connectivity index (χ2n) is 5.29. The highest BCUT2D eigenvalue weighted by atomic mass is 35.5. The molecule has 2 aromatic carbocycles. The summed E-state index contributed by atoms with van der Waals surface area (Å²) in [5.74, 6) is 1.32. The molecule has 8 heteroatoms. The monoisotopic (exact) mass is 372 g/mol. The SMILES string of the molecule is Cl.OCCCNc1nc(Nc2ccccc2)nc(Nc2ccccc2)n1. The van der Waals surface area contributed by atoms with Crippen molar-refractivity contribution < 1.29 is 5.11 Å². The van der Waals surface area contributed by atoms with Gasteiger partial charge in [0.1, 0.15) is 0 Å². The summed E-state index contributed by atoms with van der Waals surface area (Å²) in [4.78, 5) is 13.2. The summed E-state index contributed by atoms with van der Waals surface area (Å²) in [5.41, 5.74) is 1.78. The molecule has 0 aliphatic carbocycles. The molecule has 7 nitrogen and oxygen atoms in total. The summed E-state index contributed by atoms with van der Waals surface area (Å²) in [6, 6.07) is 19.4. The molecule has 0 saturated heterocycles. The van der Waals surface area contributed by atoms with E-state index in [0.717, 1.165) is 11.4 Å². The summed E-state index contributed by atoms with van der Waals surface area (Å²) in [5, 5.41) is 18.4. The number of rotatable bonds is 8. The number of aromatic nitrogens is 3. The number of hydrogen-bond acceptors (Lipinski definition) is 7. The molecule has 136 valence electrons. The van der Waals surface area contributed by atoms with Gasteiger partial charge < -0.3 is 21.1 Å². The van der Waals surface area contributed by atoms with Crippen molar-refractivity contribution in [3.63, 3.8) is 0 Å². The minimum Gasteiger partial charge on any atom is -0.396 e. The Kier molecular flexibility index (Phi) is 7.60. The zero-order chi connectivity index (χ0) is 17.3. The van der Waals surface area contributed by atoms with Crippen LogP contribution in [-0.4, -0.2) is 33.2 Å². The Hall–Kier alpha value is -2.90. The van der Waals surface area contributed by atoms with E-state index < -0.39 is 0 Å². The molecule has 0 unspecified atom stereocenters. The molecular weight excluding hydrogens is 352 g/mol. The van der Waals surface area contributed by atoms with E-state index in [1.54, 1.807) is 0 Å². The molecule has 0 spiro atoms. The minimum absolute atomic E-state index is 0. The van der Waals surface area contributed by atoms with E-state index in [2.05, 4.69) is 30.9 Å². The molecule has 26 heavy (non-hydrogen) atoms. The van der Waals surface area contributed by atoms with Gasteiger partial charge in [-0.25, -0.2) is 0 Å². The average Bonchev–Trinajstić information content (AvgIpc) is 2.63. The van der Waals surface area contributed by atoms with Crippen LogP contribution in [0.5, 0.6) is 0 Å². The summed E-state index contributed by atoms with van der Waals surface area (Å²) in [6.45, 7) is 0.693. The highest BCUT2D eigenvalue weighted by Gasteiger charge is 2.07. The van der Waals surface area contributed by atoms with Crippen molar-refractivity contribution in [2.45, 2.75) is 6.42 Å². The van der Waals surface area contributed by atoms with E-state index >= 15 is 0 Å². The van der Waals surface area contributed by atoms with Crippen LogP contribution < -0.4 is 16.0 Å². The van der Waals surface area contributed by atoms with Crippen LogP contribution in [0.15, 0.2) is 60.7 Å². The van der Waals surface area contributed by atoms with Gasteiger partial charge in [0.25, 0.3) is 0 Å². The molecule has 0 saturated carbocycles. The Morgan fingerprint density at radius 2 is 1.15 bits per heavy atom. The minimum atomic E-state index is 0. The first kappa shape index (κ1) is 19.4. The Morgan fingerprint density at radius 3 is 1.62 bits per heavy atom. The molecular formula is C18H21ClN6O. The van der Waals surface area contributed by atoms with Gasteiger partial charge in [0.2, 0.25) is 17.8 Å². The lowest BCUT2D eigenvalue weighted by Crippen LogP contribution is -2.11. The van der Waals surface area contributed by atoms with E-state index in [0.29, 0.717) is 30.8 Å². The second-order valence-corrected chi connectivity index (χ2v) is 5.29. The maximum Gasteiger partial charge on any atom is 0.233 e. The molecule has 1 aromatic heterocycles. The Bertz CT molecular complexity index is 728. The number of nitrogens with one attached hydrogen (secondary N) is 3. The Morgan fingerprint density at radius 1 is 0.692 bits per heavy atom. The summed E-state index contributed by atoms with van der Waals surface area (Å²) in [6.07, 6.45) is 0.620. The maximum absolute atomic E-state index is 8.93. The van der Waals surface area contributed by atoms with Gasteiger partial charge in [-0.05, 0) is 30.7 Å². The first-order valence-corrected chi connectivity index (χ1v) is 8.08. The third-order valence-electron chi connectivity index (χ3n) is 3.31. The third-order valence-corrected chi connectivity index (χ3v) is 3.31. The molecule has 3 aromatic rings. The summed E-state index contributed by atoms with van der Waals surface area (Å²) >= 11 is 0. The fourth-order valence-corrected chi connectivity index (χ4v) is 2.15. The van der Waals surface area contributed by atoms with Crippen LogP contribution in [0.2, 0.25) is 0 Å². The van der Waals surface area contributed by atoms with Gasteiger partial charge in [0.15, 0.2) is 0 Å². The molecule has 0 atom stereocenters. The number of halogens is 1. The van der Waals surface area contributed by atoms with Crippen molar-refractivity contribution in [2.24, 2.45) is 0 Å². The lowest BCUT2D eigenvalue weighted by Gasteiger charge is -2.11. The number of nitrogens with zero attached hydrogens (tertiary/aromatic N) is 3. The zero-order valence-corrected chi connectivity index (χ0v) is 14.9. The molecule has 0 radical (unpaired) electrons. The fourth-order valence-electron chi connectivity index (χ4n) is 2.15. The topological polar surface area (TPSA) is 95.0 Å². The smallest absolute Gasteiger partial charge is 0.233 e. The molecule has 0 amide bonds. The number of benzene rings is 2. The van der Waals surface area contributed by atoms with Crippen molar-refractivity contribution in [2.75, 3.05) is 29.1 Å². The number of aliphatic hydroxyl groups is 1. The van der Waals surface area contributed by atoms with Gasteiger partial charge in [-0.3, -0.25) is 0 Å². The van der Waals surface area contributed by atoms with Crippen LogP contribution in [0.25, 0.3) is 0 Å². The normalized spacial score (nSPS) is 9.88. The van der Waals surface area contributed by atoms with Crippen LogP contribution in [0.3, 0.4) is 0 Å². The molecule has 1 heterocycles. The fraction of sp³-hybridized carbons (Fsp3) is 0.167. The van der Waals surface area contributed by atoms with Gasteiger partial charge >= 0.3 is 0 Å². The standard InChI is InChI=1S/C18H20N6O.ClH/c25-13-7-12-19-16-22-17(20-14-8-3-1-4-9-14)24-18(23-16)21-15-10-5-2-6-11-15;/h1-6,8-11,25H,7,12-13H2,(H3,19,20,21,22,23,24);1H. The number of aliphatic hydroxyl groups excluding tert-OH is 1. The molecule has 4 N–H and O–H groups in total. The molecule has 0 bridgehead atoms. The number of anilines is 5. The van der Waals surface area contributed by atoms with E-state index in [1.807, 2.05) is 60.7 Å². The van der Waals surface area contributed by atoms with Crippen molar-refractivity contribution in [3.8, 4) is 0 Å². The van der Waals surface area contributed by atoms with Crippen LogP contribution in [0, 0.1) is 0 Å². The molecule has 0 aliphatic heterocycles. The van der Waals surface area contributed by atoms with Crippen LogP contribution in [0.4, 0.5) is 29.2 Å². The van der Waals surface area contributed by atoms with Gasteiger partial charge in [0.05, 0.1) is 0 Å². The molecule has 0 aliphatic rings. The first-order chi connectivity index (χ1) is 12.3. The lowest BCUT2D eigenvalue weighted by molar-refractivity contribution is 0.292. The summed E-state index contributed by atoms with van der Waals surface area (Å²) in [7, 11) is 0. The van der Waals surface area contributed by atoms with Gasteiger partial charge in [-0.2, -0.15) is 15.0 Å². The van der Waals surface area contributed by atoms with Crippen molar-refractivity contribution >= 4 is 41.6 Å². The van der Waals surface area contributed by atoms with Crippen LogP contribution in [-0.2, 0) is 0 Å². The highest BCUT2D eigenvalue weighted by molar-refractivity contribution is 5.85. The van der Waals surface area contributed by atoms with Gasteiger partial charge in [0, 0.05) is 24.5 Å². The first-order valence-electron chi connectivity index (χ1n) is 8.08. The van der Waals surface area contributed by atoms with E-state index in [4.69, 9.17) is 5.11 Å². The second kappa shape index (κ2) is 10.2. The van der Waals surface area contributed by atoms with Crippen molar-refractivity contribution in [1.29, 1.82) is 0 Å². The molecule has 0 fully saturated rings. The highest BCUT2D eigenvalue weighted by Crippen LogP contribution is 2.18. The largest absolute Gasteiger partial charge is 0.396 e. The zero-order valence-electron chi connectivity index (χ0n) is 14.1. The average molecular weight is 373 g/mol. The van der Waals surface area contributed by atoms with E-state index in [-0.39, 0.29) is 19.0 Å². The van der Waals surface area contributed by atoms with Gasteiger partial charge in [-0.1, -0.05) is 36.4 Å². The van der Waals surface area contributed by atoms with E-state index in [9.17, 15) is 0 Å². The van der Waals surface area contributed by atoms with E-state index in [1.165, 1.54) is 0 Å². The Balaban J connectivity index is 0.00000243. The molecule has 3 rings (SSSR count). The van der Waals surface area contributed by atoms with Crippen molar-refractivity contribution in [1.82, 2.24) is 15.0 Å². The van der Waals surface area contributed by atoms with Crippen LogP contribution >= 0.6 is 12.4 Å².